The van der Waals surface area contributed by atoms with Gasteiger partial charge >= 0.3 is 0 Å². The van der Waals surface area contributed by atoms with Crippen molar-refractivity contribution in [2.75, 3.05) is 12.4 Å². The molecule has 0 saturated heterocycles. The number of hydrogen-bond donors (Lipinski definition) is 1. The summed E-state index contributed by atoms with van der Waals surface area (Å²) in [4.78, 5) is 8.91. The fourth-order valence-corrected chi connectivity index (χ4v) is 2.97. The van der Waals surface area contributed by atoms with Gasteiger partial charge in [0.1, 0.15) is 10.8 Å². The third-order valence-corrected chi connectivity index (χ3v) is 4.00. The Kier molecular flexibility index (Phi) is 2.74. The molecular weight excluding hydrogens is 286 g/mol. The van der Waals surface area contributed by atoms with Gasteiger partial charge in [0.05, 0.1) is 6.20 Å². The second-order valence-electron chi connectivity index (χ2n) is 4.35. The molecule has 1 N–H and O–H groups in total. The van der Waals surface area contributed by atoms with E-state index in [0.29, 0.717) is 0 Å². The van der Waals surface area contributed by atoms with Gasteiger partial charge in [-0.15, -0.1) is 10.2 Å². The van der Waals surface area contributed by atoms with E-state index in [1.54, 1.807) is 6.20 Å². The molecule has 104 valence electrons. The maximum absolute atomic E-state index is 4.56. The average molecular weight is 297 g/mol. The minimum absolute atomic E-state index is 0.760. The largest absolute Gasteiger partial charge is 0.372 e. The lowest BCUT2D eigenvalue weighted by molar-refractivity contribution is 0.915. The van der Waals surface area contributed by atoms with Crippen LogP contribution in [-0.2, 0) is 0 Å². The van der Waals surface area contributed by atoms with Gasteiger partial charge in [-0.25, -0.2) is 9.97 Å². The van der Waals surface area contributed by atoms with E-state index in [2.05, 4.69) is 25.5 Å². The van der Waals surface area contributed by atoms with Crippen LogP contribution in [0.5, 0.6) is 0 Å². The molecule has 0 amide bonds. The first-order valence-electron chi connectivity index (χ1n) is 6.34. The highest BCUT2D eigenvalue weighted by atomic mass is 32.2. The lowest BCUT2D eigenvalue weighted by atomic mass is 10.5. The Labute approximate surface area is 124 Å². The topological polar surface area (TPSA) is 72.4 Å². The molecule has 0 fully saturated rings. The van der Waals surface area contributed by atoms with Crippen molar-refractivity contribution in [3.05, 3.63) is 43.0 Å². The maximum atomic E-state index is 4.56. The molecule has 4 rings (SSSR count). The van der Waals surface area contributed by atoms with Crippen molar-refractivity contribution in [3.8, 4) is 0 Å². The Morgan fingerprint density at radius 1 is 1.19 bits per heavy atom. The van der Waals surface area contributed by atoms with E-state index < -0.39 is 0 Å². The van der Waals surface area contributed by atoms with Gasteiger partial charge in [-0.1, -0.05) is 6.07 Å². The summed E-state index contributed by atoms with van der Waals surface area (Å²) in [6, 6.07) is 5.80. The summed E-state index contributed by atoms with van der Waals surface area (Å²) in [6.07, 6.45) is 7.48. The number of hydrogen-bond acceptors (Lipinski definition) is 6. The zero-order valence-corrected chi connectivity index (χ0v) is 11.9. The van der Waals surface area contributed by atoms with Gasteiger partial charge in [0.15, 0.2) is 11.3 Å². The van der Waals surface area contributed by atoms with E-state index in [1.807, 2.05) is 52.6 Å². The van der Waals surface area contributed by atoms with Crippen LogP contribution in [-0.4, -0.2) is 36.0 Å². The molecule has 0 aliphatic heterocycles. The van der Waals surface area contributed by atoms with Gasteiger partial charge in [-0.2, -0.15) is 0 Å². The first-order valence-corrected chi connectivity index (χ1v) is 7.16. The lowest BCUT2D eigenvalue weighted by Gasteiger charge is -2.05. The number of pyridine rings is 1. The van der Waals surface area contributed by atoms with E-state index in [4.69, 9.17) is 0 Å². The van der Waals surface area contributed by atoms with Gasteiger partial charge < -0.3 is 9.72 Å². The molecule has 4 heterocycles. The molecule has 0 saturated carbocycles. The van der Waals surface area contributed by atoms with Crippen LogP contribution in [0.4, 0.5) is 5.82 Å². The van der Waals surface area contributed by atoms with Crippen LogP contribution in [0.1, 0.15) is 0 Å². The summed E-state index contributed by atoms with van der Waals surface area (Å²) >= 11 is 1.44. The number of fused-ring (bicyclic) bond motifs is 2. The average Bonchev–Trinajstić information content (AvgIpc) is 3.14. The molecule has 0 bridgehead atoms. The summed E-state index contributed by atoms with van der Waals surface area (Å²) < 4.78 is 3.86. The fraction of sp³-hybridized carbons (Fsp3) is 0.0769. The van der Waals surface area contributed by atoms with Crippen molar-refractivity contribution in [3.63, 3.8) is 0 Å². The van der Waals surface area contributed by atoms with Crippen molar-refractivity contribution in [1.82, 2.24) is 29.0 Å². The van der Waals surface area contributed by atoms with E-state index in [1.165, 1.54) is 11.8 Å². The quantitative estimate of drug-likeness (QED) is 0.623. The van der Waals surface area contributed by atoms with Crippen molar-refractivity contribution < 1.29 is 0 Å². The molecule has 0 aliphatic rings. The standard InChI is InChI=1S/C13H11N7S/c1-14-9-8-19-7-5-15-11(19)12(16-9)21-13-18-17-10-4-2-3-6-20(10)13/h2-8,14H,1H3. The van der Waals surface area contributed by atoms with Gasteiger partial charge in [0, 0.05) is 25.6 Å². The highest BCUT2D eigenvalue weighted by molar-refractivity contribution is 7.99. The Bertz CT molecular complexity index is 926. The second-order valence-corrected chi connectivity index (χ2v) is 5.31. The van der Waals surface area contributed by atoms with E-state index in [9.17, 15) is 0 Å². The Hall–Kier alpha value is -2.61. The molecule has 21 heavy (non-hydrogen) atoms. The molecule has 0 radical (unpaired) electrons. The predicted octanol–water partition coefficient (Wildman–Crippen LogP) is 1.96. The number of imidazole rings is 1. The minimum Gasteiger partial charge on any atom is -0.372 e. The summed E-state index contributed by atoms with van der Waals surface area (Å²) in [5.74, 6) is 0.775. The number of nitrogens with one attached hydrogen (secondary N) is 1. The minimum atomic E-state index is 0.760. The van der Waals surface area contributed by atoms with Crippen molar-refractivity contribution in [1.29, 1.82) is 0 Å². The first kappa shape index (κ1) is 12.2. The normalized spacial score (nSPS) is 11.3. The van der Waals surface area contributed by atoms with Crippen molar-refractivity contribution in [2.45, 2.75) is 10.2 Å². The second kappa shape index (κ2) is 4.74. The molecule has 0 unspecified atom stereocenters. The monoisotopic (exact) mass is 297 g/mol. The van der Waals surface area contributed by atoms with Crippen molar-refractivity contribution in [2.24, 2.45) is 0 Å². The molecular formula is C13H11N7S. The first-order chi connectivity index (χ1) is 10.3. The Balaban J connectivity index is 1.85. The van der Waals surface area contributed by atoms with Crippen LogP contribution >= 0.6 is 11.8 Å². The van der Waals surface area contributed by atoms with Gasteiger partial charge in [-0.3, -0.25) is 4.40 Å². The number of nitrogens with zero attached hydrogens (tertiary/aromatic N) is 6. The van der Waals surface area contributed by atoms with E-state index in [0.717, 1.165) is 27.3 Å². The number of aromatic nitrogens is 6. The molecule has 0 spiro atoms. The SMILES string of the molecule is CNc1cn2ccnc2c(Sc2nnc3ccccn23)n1. The fourth-order valence-electron chi connectivity index (χ4n) is 2.07. The third-order valence-electron chi connectivity index (χ3n) is 3.07. The van der Waals surface area contributed by atoms with Crippen molar-refractivity contribution >= 4 is 28.9 Å². The zero-order valence-electron chi connectivity index (χ0n) is 11.1. The smallest absolute Gasteiger partial charge is 0.202 e. The Morgan fingerprint density at radius 2 is 2.14 bits per heavy atom. The molecule has 0 aliphatic carbocycles. The molecule has 0 aromatic carbocycles. The van der Waals surface area contributed by atoms with Gasteiger partial charge in [-0.05, 0) is 23.9 Å². The van der Waals surface area contributed by atoms with Crippen LogP contribution in [0.2, 0.25) is 0 Å². The van der Waals surface area contributed by atoms with Crippen LogP contribution in [0.25, 0.3) is 11.3 Å². The molecule has 0 atom stereocenters. The highest BCUT2D eigenvalue weighted by Gasteiger charge is 2.13. The number of rotatable bonds is 3. The van der Waals surface area contributed by atoms with E-state index in [-0.39, 0.29) is 0 Å². The third kappa shape index (κ3) is 2.00. The molecule has 4 aromatic heterocycles. The summed E-state index contributed by atoms with van der Waals surface area (Å²) in [5.41, 5.74) is 1.61. The molecule has 7 nitrogen and oxygen atoms in total. The molecule has 4 aromatic rings. The van der Waals surface area contributed by atoms with Gasteiger partial charge in [0.2, 0.25) is 5.16 Å². The van der Waals surface area contributed by atoms with Crippen LogP contribution in [0.3, 0.4) is 0 Å². The number of anilines is 1. The van der Waals surface area contributed by atoms with Gasteiger partial charge in [0.25, 0.3) is 0 Å². The summed E-state index contributed by atoms with van der Waals surface area (Å²) in [5, 5.41) is 13.0. The lowest BCUT2D eigenvalue weighted by Crippen LogP contribution is -1.99. The summed E-state index contributed by atoms with van der Waals surface area (Å²) in [6.45, 7) is 0. The van der Waals surface area contributed by atoms with Crippen LogP contribution < -0.4 is 5.32 Å². The van der Waals surface area contributed by atoms with Crippen LogP contribution in [0.15, 0.2) is 53.2 Å². The van der Waals surface area contributed by atoms with E-state index >= 15 is 0 Å². The summed E-state index contributed by atoms with van der Waals surface area (Å²) in [7, 11) is 1.84. The highest BCUT2D eigenvalue weighted by Crippen LogP contribution is 2.28. The Morgan fingerprint density at radius 3 is 3.05 bits per heavy atom. The molecule has 8 heteroatoms. The maximum Gasteiger partial charge on any atom is 0.202 e. The van der Waals surface area contributed by atoms with Crippen LogP contribution in [0, 0.1) is 0 Å². The zero-order chi connectivity index (χ0) is 14.2. The predicted molar refractivity (Wildman–Crippen MR) is 79.6 cm³/mol.